The molecule has 10 heteroatoms. The maximum Gasteiger partial charge on any atom is 0.490 e. The Bertz CT molecular complexity index is 545. The largest absolute Gasteiger partial charge is 0.490 e. The Hall–Kier alpha value is -1.55. The molecule has 3 saturated heterocycles. The average molecular weight is 409 g/mol. The number of urea groups is 1. The fourth-order valence-electron chi connectivity index (χ4n) is 4.11. The van der Waals surface area contributed by atoms with E-state index in [4.69, 9.17) is 14.6 Å². The third-order valence-electron chi connectivity index (χ3n) is 5.77. The summed E-state index contributed by atoms with van der Waals surface area (Å²) in [5.74, 6) is -2.10. The zero-order valence-corrected chi connectivity index (χ0v) is 16.5. The molecular formula is C18H30F3N3O4. The fourth-order valence-corrected chi connectivity index (χ4v) is 4.11. The number of ether oxygens (including phenoxy) is 1. The predicted octanol–water partition coefficient (Wildman–Crippen LogP) is 2.27. The van der Waals surface area contributed by atoms with E-state index in [0.29, 0.717) is 5.92 Å². The van der Waals surface area contributed by atoms with Crippen molar-refractivity contribution in [1.82, 2.24) is 14.7 Å². The van der Waals surface area contributed by atoms with E-state index in [9.17, 15) is 18.0 Å². The van der Waals surface area contributed by atoms with E-state index in [1.807, 2.05) is 9.80 Å². The maximum atomic E-state index is 12.4. The number of carbonyl (C=O) groups excluding carboxylic acids is 1. The van der Waals surface area contributed by atoms with Crippen LogP contribution in [0.3, 0.4) is 0 Å². The summed E-state index contributed by atoms with van der Waals surface area (Å²) in [7, 11) is 2.22. The highest BCUT2D eigenvalue weighted by Crippen LogP contribution is 2.38. The summed E-state index contributed by atoms with van der Waals surface area (Å²) in [6.45, 7) is 8.58. The Kier molecular flexibility index (Phi) is 7.55. The van der Waals surface area contributed by atoms with Gasteiger partial charge in [-0.05, 0) is 52.1 Å². The van der Waals surface area contributed by atoms with Crippen LogP contribution >= 0.6 is 0 Å². The van der Waals surface area contributed by atoms with Gasteiger partial charge < -0.3 is 19.6 Å². The number of hydrogen-bond donors (Lipinski definition) is 1. The zero-order valence-electron chi connectivity index (χ0n) is 16.5. The van der Waals surface area contributed by atoms with Gasteiger partial charge in [-0.3, -0.25) is 4.90 Å². The van der Waals surface area contributed by atoms with Crippen molar-refractivity contribution in [2.75, 3.05) is 53.0 Å². The van der Waals surface area contributed by atoms with Gasteiger partial charge in [-0.25, -0.2) is 9.59 Å². The van der Waals surface area contributed by atoms with Gasteiger partial charge in [-0.15, -0.1) is 0 Å². The highest BCUT2D eigenvalue weighted by molar-refractivity contribution is 5.76. The van der Waals surface area contributed by atoms with Crippen LogP contribution in [0.4, 0.5) is 18.0 Å². The molecule has 0 aromatic rings. The number of amides is 2. The molecule has 162 valence electrons. The van der Waals surface area contributed by atoms with Crippen LogP contribution in [0.2, 0.25) is 0 Å². The molecular weight excluding hydrogens is 379 g/mol. The molecule has 0 aliphatic carbocycles. The minimum atomic E-state index is -5.08. The highest BCUT2D eigenvalue weighted by atomic mass is 19.4. The van der Waals surface area contributed by atoms with E-state index in [1.165, 1.54) is 25.7 Å². The third kappa shape index (κ3) is 5.50. The molecule has 3 fully saturated rings. The Labute approximate surface area is 163 Å². The van der Waals surface area contributed by atoms with Crippen LogP contribution in [0.25, 0.3) is 0 Å². The lowest BCUT2D eigenvalue weighted by Crippen LogP contribution is -2.73. The topological polar surface area (TPSA) is 73.3 Å². The van der Waals surface area contributed by atoms with Crippen LogP contribution in [0.1, 0.15) is 32.6 Å². The number of carbonyl (C=O) groups is 2. The Morgan fingerprint density at radius 3 is 2.21 bits per heavy atom. The number of aliphatic carboxylic acids is 1. The summed E-state index contributed by atoms with van der Waals surface area (Å²) in [5.41, 5.74) is 0.218. The molecule has 28 heavy (non-hydrogen) atoms. The summed E-state index contributed by atoms with van der Waals surface area (Å²) >= 11 is 0. The monoisotopic (exact) mass is 409 g/mol. The van der Waals surface area contributed by atoms with Crippen LogP contribution < -0.4 is 0 Å². The molecule has 7 nitrogen and oxygen atoms in total. The number of carboxylic acids is 1. The third-order valence-corrected chi connectivity index (χ3v) is 5.77. The van der Waals surface area contributed by atoms with Crippen molar-refractivity contribution in [3.8, 4) is 0 Å². The number of rotatable bonds is 3. The normalized spacial score (nSPS) is 24.5. The van der Waals surface area contributed by atoms with Crippen LogP contribution in [-0.2, 0) is 9.53 Å². The summed E-state index contributed by atoms with van der Waals surface area (Å²) in [5, 5.41) is 7.12. The number of likely N-dealkylation sites (N-methyl/N-ethyl adjacent to an activating group) is 1. The highest BCUT2D eigenvalue weighted by Gasteiger charge is 2.51. The number of carboxylic acid groups (broad SMARTS) is 1. The Morgan fingerprint density at radius 1 is 1.14 bits per heavy atom. The van der Waals surface area contributed by atoms with Gasteiger partial charge in [0.25, 0.3) is 0 Å². The zero-order chi connectivity index (χ0) is 20.9. The second-order valence-corrected chi connectivity index (χ2v) is 7.80. The van der Waals surface area contributed by atoms with Crippen LogP contribution in [0.15, 0.2) is 0 Å². The molecule has 0 saturated carbocycles. The van der Waals surface area contributed by atoms with Crippen LogP contribution in [0.5, 0.6) is 0 Å². The van der Waals surface area contributed by atoms with Crippen molar-refractivity contribution in [3.63, 3.8) is 0 Å². The SMILES string of the molecule is CCOCC1CCN(C)C2(C1)CN(C(=O)N1CCCC1)C2.O=C(O)C(F)(F)F. The molecule has 0 aromatic heterocycles. The molecule has 0 radical (unpaired) electrons. The molecule has 1 spiro atoms. The van der Waals surface area contributed by atoms with Crippen molar-refractivity contribution in [3.05, 3.63) is 0 Å². The summed E-state index contributed by atoms with van der Waals surface area (Å²) < 4.78 is 37.4. The van der Waals surface area contributed by atoms with E-state index < -0.39 is 12.1 Å². The van der Waals surface area contributed by atoms with Gasteiger partial charge in [0, 0.05) is 39.4 Å². The van der Waals surface area contributed by atoms with Gasteiger partial charge in [-0.1, -0.05) is 0 Å². The molecule has 3 heterocycles. The first-order valence-corrected chi connectivity index (χ1v) is 9.72. The van der Waals surface area contributed by atoms with Gasteiger partial charge in [0.05, 0.1) is 5.54 Å². The molecule has 1 atom stereocenters. The van der Waals surface area contributed by atoms with Gasteiger partial charge in [0.2, 0.25) is 0 Å². The lowest BCUT2D eigenvalue weighted by atomic mass is 9.75. The Morgan fingerprint density at radius 2 is 1.71 bits per heavy atom. The molecule has 3 aliphatic heterocycles. The van der Waals surface area contributed by atoms with Gasteiger partial charge in [-0.2, -0.15) is 13.2 Å². The molecule has 1 N–H and O–H groups in total. The quantitative estimate of drug-likeness (QED) is 0.774. The Balaban J connectivity index is 0.000000345. The predicted molar refractivity (Wildman–Crippen MR) is 96.0 cm³/mol. The average Bonchev–Trinajstić information content (AvgIpc) is 3.13. The molecule has 0 aromatic carbocycles. The van der Waals surface area contributed by atoms with Crippen molar-refractivity contribution < 1.29 is 32.6 Å². The molecule has 2 amide bonds. The number of piperidine rings is 1. The summed E-state index contributed by atoms with van der Waals surface area (Å²) in [6.07, 6.45) is -0.353. The number of alkyl halides is 3. The lowest BCUT2D eigenvalue weighted by Gasteiger charge is -2.58. The summed E-state index contributed by atoms with van der Waals surface area (Å²) in [6, 6.07) is 0.262. The van der Waals surface area contributed by atoms with Crippen molar-refractivity contribution in [2.45, 2.75) is 44.3 Å². The van der Waals surface area contributed by atoms with E-state index in [0.717, 1.165) is 45.9 Å². The molecule has 1 unspecified atom stereocenters. The molecule has 3 aliphatic rings. The summed E-state index contributed by atoms with van der Waals surface area (Å²) in [4.78, 5) is 27.9. The number of hydrogen-bond acceptors (Lipinski definition) is 4. The number of nitrogens with zero attached hydrogens (tertiary/aromatic N) is 3. The van der Waals surface area contributed by atoms with Crippen molar-refractivity contribution in [2.24, 2.45) is 5.92 Å². The van der Waals surface area contributed by atoms with Gasteiger partial charge in [0.1, 0.15) is 0 Å². The lowest BCUT2D eigenvalue weighted by molar-refractivity contribution is -0.192. The number of halogens is 3. The second kappa shape index (κ2) is 9.30. The standard InChI is InChI=1S/C16H29N3O2.C2HF3O2/c1-3-21-11-14-6-9-17(2)16(10-14)12-19(13-16)15(20)18-7-4-5-8-18;3-2(4,5)1(6)7/h14H,3-13H2,1-2H3;(H,6,7). The molecule has 0 bridgehead atoms. The van der Waals surface area contributed by atoms with E-state index in [2.05, 4.69) is 18.9 Å². The minimum Gasteiger partial charge on any atom is -0.475 e. The second-order valence-electron chi connectivity index (χ2n) is 7.80. The van der Waals surface area contributed by atoms with Crippen molar-refractivity contribution in [1.29, 1.82) is 0 Å². The van der Waals surface area contributed by atoms with E-state index in [-0.39, 0.29) is 11.6 Å². The van der Waals surface area contributed by atoms with Crippen molar-refractivity contribution >= 4 is 12.0 Å². The first kappa shape index (κ1) is 22.7. The first-order valence-electron chi connectivity index (χ1n) is 9.72. The maximum absolute atomic E-state index is 12.4. The van der Waals surface area contributed by atoms with E-state index >= 15 is 0 Å². The smallest absolute Gasteiger partial charge is 0.475 e. The van der Waals surface area contributed by atoms with Gasteiger partial charge in [0.15, 0.2) is 0 Å². The fraction of sp³-hybridized carbons (Fsp3) is 0.889. The minimum absolute atomic E-state index is 0.218. The van der Waals surface area contributed by atoms with Crippen LogP contribution in [0, 0.1) is 5.92 Å². The van der Waals surface area contributed by atoms with Gasteiger partial charge >= 0.3 is 18.2 Å². The van der Waals surface area contributed by atoms with Crippen LogP contribution in [-0.4, -0.2) is 96.5 Å². The number of likely N-dealkylation sites (tertiary alicyclic amines) is 3. The first-order chi connectivity index (χ1) is 13.1. The molecule has 3 rings (SSSR count). The van der Waals surface area contributed by atoms with E-state index in [1.54, 1.807) is 0 Å².